The topological polar surface area (TPSA) is 96.6 Å². The van der Waals surface area contributed by atoms with E-state index in [9.17, 15) is 17.6 Å². The van der Waals surface area contributed by atoms with Crippen LogP contribution in [-0.4, -0.2) is 49.2 Å². The number of halogens is 1. The summed E-state index contributed by atoms with van der Waals surface area (Å²) in [5, 5.41) is 3.93. The van der Waals surface area contributed by atoms with Gasteiger partial charge >= 0.3 is 0 Å². The van der Waals surface area contributed by atoms with Crippen molar-refractivity contribution >= 4 is 21.6 Å². The molecule has 3 aromatic rings. The number of amides is 1. The summed E-state index contributed by atoms with van der Waals surface area (Å²) in [6.07, 6.45) is 0.956. The molecule has 0 atom stereocenters. The molecular weight excluding hydrogens is 411 g/mol. The van der Waals surface area contributed by atoms with Gasteiger partial charge in [0.05, 0.1) is 18.5 Å². The highest BCUT2D eigenvalue weighted by atomic mass is 32.2. The Bertz CT molecular complexity index is 1160. The van der Waals surface area contributed by atoms with Crippen molar-refractivity contribution in [2.75, 3.05) is 24.2 Å². The van der Waals surface area contributed by atoms with E-state index in [0.717, 1.165) is 27.8 Å². The van der Waals surface area contributed by atoms with Gasteiger partial charge in [-0.1, -0.05) is 35.0 Å². The standard InChI is InChI=1S/C20H21FN4O4S/c1-14-6-4-7-15(10-14)20-22-18(29-23-20)12-24(2)19(26)13-25(30(3,27)28)17-9-5-8-16(21)11-17/h4-11H,12-13H2,1-3H3. The third-order valence-electron chi connectivity index (χ3n) is 4.32. The molecule has 3 rings (SSSR count). The van der Waals surface area contributed by atoms with Crippen LogP contribution in [0.4, 0.5) is 10.1 Å². The van der Waals surface area contributed by atoms with Crippen LogP contribution in [0.5, 0.6) is 0 Å². The Kier molecular flexibility index (Phi) is 6.16. The molecule has 0 aliphatic carbocycles. The zero-order chi connectivity index (χ0) is 21.9. The summed E-state index contributed by atoms with van der Waals surface area (Å²) in [5.74, 6) is -0.512. The molecule has 0 saturated carbocycles. The average molecular weight is 432 g/mol. The number of carbonyl (C=O) groups is 1. The third kappa shape index (κ3) is 5.20. The van der Waals surface area contributed by atoms with Crippen LogP contribution in [0.2, 0.25) is 0 Å². The van der Waals surface area contributed by atoms with Gasteiger partial charge in [-0.15, -0.1) is 0 Å². The lowest BCUT2D eigenvalue weighted by atomic mass is 10.1. The van der Waals surface area contributed by atoms with Crippen molar-refractivity contribution in [2.24, 2.45) is 0 Å². The number of hydrogen-bond acceptors (Lipinski definition) is 6. The molecule has 30 heavy (non-hydrogen) atoms. The molecule has 0 fully saturated rings. The molecule has 10 heteroatoms. The Hall–Kier alpha value is -3.27. The van der Waals surface area contributed by atoms with Gasteiger partial charge in [0.1, 0.15) is 12.4 Å². The average Bonchev–Trinajstić information content (AvgIpc) is 3.13. The maximum Gasteiger partial charge on any atom is 0.246 e. The summed E-state index contributed by atoms with van der Waals surface area (Å²) in [5.41, 5.74) is 1.90. The van der Waals surface area contributed by atoms with Crippen molar-refractivity contribution in [3.05, 3.63) is 65.8 Å². The first-order valence-electron chi connectivity index (χ1n) is 9.00. The Morgan fingerprint density at radius 1 is 1.17 bits per heavy atom. The van der Waals surface area contributed by atoms with Crippen molar-refractivity contribution in [2.45, 2.75) is 13.5 Å². The van der Waals surface area contributed by atoms with Gasteiger partial charge in [-0.25, -0.2) is 12.8 Å². The molecule has 0 bridgehead atoms. The van der Waals surface area contributed by atoms with Crippen molar-refractivity contribution in [3.63, 3.8) is 0 Å². The van der Waals surface area contributed by atoms with Gasteiger partial charge in [-0.2, -0.15) is 4.98 Å². The Morgan fingerprint density at radius 2 is 1.90 bits per heavy atom. The molecule has 158 valence electrons. The van der Waals surface area contributed by atoms with Crippen LogP contribution >= 0.6 is 0 Å². The quantitative estimate of drug-likeness (QED) is 0.569. The van der Waals surface area contributed by atoms with E-state index in [1.807, 2.05) is 31.2 Å². The maximum atomic E-state index is 13.5. The zero-order valence-electron chi connectivity index (χ0n) is 16.7. The predicted molar refractivity (Wildman–Crippen MR) is 110 cm³/mol. The van der Waals surface area contributed by atoms with Crippen LogP contribution in [0.1, 0.15) is 11.5 Å². The Labute approximate surface area is 174 Å². The number of nitrogens with zero attached hydrogens (tertiary/aromatic N) is 4. The number of sulfonamides is 1. The molecular formula is C20H21FN4O4S. The van der Waals surface area contributed by atoms with Gasteiger partial charge in [0.25, 0.3) is 0 Å². The van der Waals surface area contributed by atoms with E-state index >= 15 is 0 Å². The number of aryl methyl sites for hydroxylation is 1. The number of hydrogen-bond donors (Lipinski definition) is 0. The second kappa shape index (κ2) is 8.62. The molecule has 1 aromatic heterocycles. The van der Waals surface area contributed by atoms with E-state index in [1.54, 1.807) is 0 Å². The Morgan fingerprint density at radius 3 is 2.57 bits per heavy atom. The van der Waals surface area contributed by atoms with Crippen LogP contribution in [0, 0.1) is 12.7 Å². The van der Waals surface area contributed by atoms with Crippen LogP contribution < -0.4 is 4.31 Å². The van der Waals surface area contributed by atoms with Gasteiger partial charge in [0.2, 0.25) is 27.6 Å². The first-order chi connectivity index (χ1) is 14.1. The first-order valence-corrected chi connectivity index (χ1v) is 10.8. The fraction of sp³-hybridized carbons (Fsp3) is 0.250. The van der Waals surface area contributed by atoms with E-state index in [1.165, 1.54) is 30.1 Å². The molecule has 0 spiro atoms. The zero-order valence-corrected chi connectivity index (χ0v) is 17.6. The van der Waals surface area contributed by atoms with Crippen molar-refractivity contribution in [1.82, 2.24) is 15.0 Å². The highest BCUT2D eigenvalue weighted by Crippen LogP contribution is 2.20. The smallest absolute Gasteiger partial charge is 0.246 e. The summed E-state index contributed by atoms with van der Waals surface area (Å²) in [6.45, 7) is 1.46. The highest BCUT2D eigenvalue weighted by molar-refractivity contribution is 7.92. The minimum Gasteiger partial charge on any atom is -0.337 e. The second-order valence-electron chi connectivity index (χ2n) is 6.88. The lowest BCUT2D eigenvalue weighted by Crippen LogP contribution is -2.41. The fourth-order valence-corrected chi connectivity index (χ4v) is 3.63. The number of likely N-dealkylation sites (N-methyl/N-ethyl adjacent to an activating group) is 1. The van der Waals surface area contributed by atoms with Crippen LogP contribution in [0.15, 0.2) is 53.1 Å². The molecule has 0 aliphatic rings. The molecule has 0 N–H and O–H groups in total. The monoisotopic (exact) mass is 432 g/mol. The van der Waals surface area contributed by atoms with Gasteiger partial charge in [0.15, 0.2) is 0 Å². The summed E-state index contributed by atoms with van der Waals surface area (Å²) in [4.78, 5) is 18.2. The molecule has 2 aromatic carbocycles. The minimum absolute atomic E-state index is 0.00159. The van der Waals surface area contributed by atoms with Gasteiger partial charge in [0, 0.05) is 12.6 Å². The van der Waals surface area contributed by atoms with Gasteiger partial charge < -0.3 is 9.42 Å². The highest BCUT2D eigenvalue weighted by Gasteiger charge is 2.24. The van der Waals surface area contributed by atoms with Gasteiger partial charge in [-0.3, -0.25) is 9.10 Å². The van der Waals surface area contributed by atoms with Crippen LogP contribution in [-0.2, 0) is 21.4 Å². The predicted octanol–water partition coefficient (Wildman–Crippen LogP) is 2.61. The largest absolute Gasteiger partial charge is 0.337 e. The third-order valence-corrected chi connectivity index (χ3v) is 5.46. The minimum atomic E-state index is -3.80. The lowest BCUT2D eigenvalue weighted by Gasteiger charge is -2.24. The number of rotatable bonds is 7. The van der Waals surface area contributed by atoms with E-state index in [4.69, 9.17) is 4.52 Å². The van der Waals surface area contributed by atoms with Crippen molar-refractivity contribution < 1.29 is 22.1 Å². The summed E-state index contributed by atoms with van der Waals surface area (Å²) >= 11 is 0. The molecule has 1 amide bonds. The SMILES string of the molecule is Cc1cccc(-c2noc(CN(C)C(=O)CN(c3cccc(F)c3)S(C)(=O)=O)n2)c1. The molecule has 8 nitrogen and oxygen atoms in total. The summed E-state index contributed by atoms with van der Waals surface area (Å²) in [7, 11) is -2.31. The first kappa shape index (κ1) is 21.4. The second-order valence-corrected chi connectivity index (χ2v) is 8.79. The number of benzene rings is 2. The molecule has 0 aliphatic heterocycles. The summed E-state index contributed by atoms with van der Waals surface area (Å²) < 4.78 is 43.9. The number of carbonyl (C=O) groups excluding carboxylic acids is 1. The van der Waals surface area contributed by atoms with E-state index < -0.39 is 28.3 Å². The molecule has 1 heterocycles. The van der Waals surface area contributed by atoms with Gasteiger partial charge in [-0.05, 0) is 31.2 Å². The number of anilines is 1. The van der Waals surface area contributed by atoms with E-state index in [2.05, 4.69) is 10.1 Å². The van der Waals surface area contributed by atoms with Crippen molar-refractivity contribution in [3.8, 4) is 11.4 Å². The van der Waals surface area contributed by atoms with Crippen LogP contribution in [0.3, 0.4) is 0 Å². The number of aromatic nitrogens is 2. The fourth-order valence-electron chi connectivity index (χ4n) is 2.79. The molecule has 0 saturated heterocycles. The summed E-state index contributed by atoms with van der Waals surface area (Å²) in [6, 6.07) is 12.6. The maximum absolute atomic E-state index is 13.5. The Balaban J connectivity index is 1.72. The molecule has 0 radical (unpaired) electrons. The normalized spacial score (nSPS) is 11.3. The van der Waals surface area contributed by atoms with Crippen LogP contribution in [0.25, 0.3) is 11.4 Å². The van der Waals surface area contributed by atoms with E-state index in [-0.39, 0.29) is 18.1 Å². The lowest BCUT2D eigenvalue weighted by molar-refractivity contribution is -0.129. The molecule has 0 unspecified atom stereocenters. The van der Waals surface area contributed by atoms with E-state index in [0.29, 0.717) is 5.82 Å². The van der Waals surface area contributed by atoms with Crippen molar-refractivity contribution in [1.29, 1.82) is 0 Å².